The first kappa shape index (κ1) is 15.9. The maximum Gasteiger partial charge on any atom is 0.238 e. The minimum Gasteiger partial charge on any atom is -0.359 e. The van der Waals surface area contributed by atoms with Crippen molar-refractivity contribution in [3.63, 3.8) is 0 Å². The Morgan fingerprint density at radius 3 is 1.17 bits per heavy atom. The van der Waals surface area contributed by atoms with Crippen molar-refractivity contribution in [3.05, 3.63) is 0 Å². The van der Waals surface area contributed by atoms with E-state index in [0.29, 0.717) is 0 Å². The lowest BCUT2D eigenvalue weighted by atomic mass is 10.3. The number of carbonyl (C=O) groups is 4. The van der Waals surface area contributed by atoms with Gasteiger partial charge in [-0.05, 0) is 0 Å². The zero-order valence-electron chi connectivity index (χ0n) is 10.5. The van der Waals surface area contributed by atoms with Crippen molar-refractivity contribution < 1.29 is 19.2 Å². The maximum atomic E-state index is 11.2. The number of rotatable bonds is 6. The summed E-state index contributed by atoms with van der Waals surface area (Å²) in [6.07, 6.45) is 0.0672. The second kappa shape index (κ2) is 8.97. The fourth-order valence-corrected chi connectivity index (χ4v) is 0.969. The van der Waals surface area contributed by atoms with Gasteiger partial charge in [0, 0.05) is 39.8 Å². The van der Waals surface area contributed by atoms with Crippen molar-refractivity contribution in [1.82, 2.24) is 21.5 Å². The second-order valence-corrected chi connectivity index (χ2v) is 3.44. The van der Waals surface area contributed by atoms with Gasteiger partial charge in [-0.1, -0.05) is 0 Å². The largest absolute Gasteiger partial charge is 0.359 e. The zero-order chi connectivity index (χ0) is 14.0. The van der Waals surface area contributed by atoms with Gasteiger partial charge >= 0.3 is 0 Å². The van der Waals surface area contributed by atoms with Gasteiger partial charge < -0.3 is 10.6 Å². The summed E-state index contributed by atoms with van der Waals surface area (Å²) in [5, 5.41) is 4.75. The van der Waals surface area contributed by atoms with Crippen LogP contribution in [0.25, 0.3) is 0 Å². The van der Waals surface area contributed by atoms with Gasteiger partial charge in [0.05, 0.1) is 0 Å². The van der Waals surface area contributed by atoms with E-state index in [-0.39, 0.29) is 37.5 Å². The molecule has 0 aromatic carbocycles. The molecular formula is C10H18N4O4. The Hall–Kier alpha value is -2.12. The molecule has 0 heterocycles. The Morgan fingerprint density at radius 1 is 0.611 bits per heavy atom. The van der Waals surface area contributed by atoms with Gasteiger partial charge in [0.15, 0.2) is 0 Å². The number of amides is 4. The van der Waals surface area contributed by atoms with E-state index in [0.717, 1.165) is 0 Å². The lowest BCUT2D eigenvalue weighted by molar-refractivity contribution is -0.131. The average molecular weight is 258 g/mol. The Labute approximate surface area is 105 Å². The van der Waals surface area contributed by atoms with Crippen molar-refractivity contribution >= 4 is 23.6 Å². The van der Waals surface area contributed by atoms with Gasteiger partial charge in [-0.15, -0.1) is 0 Å². The van der Waals surface area contributed by atoms with Crippen molar-refractivity contribution in [2.45, 2.75) is 25.7 Å². The van der Waals surface area contributed by atoms with E-state index < -0.39 is 11.8 Å². The summed E-state index contributed by atoms with van der Waals surface area (Å²) in [5.74, 6) is -1.44. The van der Waals surface area contributed by atoms with E-state index >= 15 is 0 Å². The quantitative estimate of drug-likeness (QED) is 0.420. The van der Waals surface area contributed by atoms with Crippen LogP contribution in [0.15, 0.2) is 0 Å². The van der Waals surface area contributed by atoms with Crippen LogP contribution in [0.4, 0.5) is 0 Å². The molecule has 18 heavy (non-hydrogen) atoms. The van der Waals surface area contributed by atoms with Crippen LogP contribution in [0.2, 0.25) is 0 Å². The summed E-state index contributed by atoms with van der Waals surface area (Å²) in [7, 11) is 2.95. The monoisotopic (exact) mass is 258 g/mol. The first-order chi connectivity index (χ1) is 8.49. The molecular weight excluding hydrogens is 240 g/mol. The van der Waals surface area contributed by atoms with E-state index in [1.807, 2.05) is 0 Å². The Balaban J connectivity index is 3.68. The number of carbonyl (C=O) groups excluding carboxylic acids is 4. The average Bonchev–Trinajstić information content (AvgIpc) is 2.39. The molecule has 0 saturated carbocycles. The van der Waals surface area contributed by atoms with Crippen LogP contribution in [0.1, 0.15) is 25.7 Å². The first-order valence-electron chi connectivity index (χ1n) is 5.48. The molecule has 0 aliphatic carbocycles. The van der Waals surface area contributed by atoms with Crippen LogP contribution in [0.5, 0.6) is 0 Å². The minimum absolute atomic E-state index is 0.0185. The summed E-state index contributed by atoms with van der Waals surface area (Å²) in [6.45, 7) is 0. The van der Waals surface area contributed by atoms with Crippen molar-refractivity contribution in [2.75, 3.05) is 14.1 Å². The molecule has 0 aliphatic heterocycles. The summed E-state index contributed by atoms with van der Waals surface area (Å²) < 4.78 is 0. The highest BCUT2D eigenvalue weighted by atomic mass is 16.2. The third kappa shape index (κ3) is 8.08. The molecule has 0 rings (SSSR count). The highest BCUT2D eigenvalue weighted by Crippen LogP contribution is 1.89. The van der Waals surface area contributed by atoms with Crippen molar-refractivity contribution in [1.29, 1.82) is 0 Å². The standard InChI is InChI=1S/C10H18N4O4/c1-11-7(15)3-5-9(17)13-14-10(18)6-4-8(16)12-2/h3-6H2,1-2H3,(H,11,15)(H,12,16)(H,13,17)(H,14,18). The van der Waals surface area contributed by atoms with Gasteiger partial charge in [-0.3, -0.25) is 30.0 Å². The Kier molecular flexibility index (Phi) is 7.91. The van der Waals surface area contributed by atoms with Crippen LogP contribution in [0, 0.1) is 0 Å². The maximum absolute atomic E-state index is 11.2. The third-order valence-electron chi connectivity index (χ3n) is 2.06. The predicted octanol–water partition coefficient (Wildman–Crippen LogP) is -1.81. The fraction of sp³-hybridized carbons (Fsp3) is 0.600. The van der Waals surface area contributed by atoms with Crippen LogP contribution in [-0.2, 0) is 19.2 Å². The molecule has 0 unspecified atom stereocenters. The molecule has 0 aliphatic rings. The van der Waals surface area contributed by atoms with Crippen LogP contribution < -0.4 is 21.5 Å². The zero-order valence-corrected chi connectivity index (χ0v) is 10.5. The molecule has 0 fully saturated rings. The van der Waals surface area contributed by atoms with Crippen LogP contribution in [-0.4, -0.2) is 37.7 Å². The van der Waals surface area contributed by atoms with Crippen LogP contribution in [0.3, 0.4) is 0 Å². The highest BCUT2D eigenvalue weighted by Gasteiger charge is 2.08. The number of hydrogen-bond donors (Lipinski definition) is 4. The van der Waals surface area contributed by atoms with Crippen LogP contribution >= 0.6 is 0 Å². The Bertz CT molecular complexity index is 298. The highest BCUT2D eigenvalue weighted by molar-refractivity contribution is 5.87. The fourth-order valence-electron chi connectivity index (χ4n) is 0.969. The minimum atomic E-state index is -0.466. The lowest BCUT2D eigenvalue weighted by Crippen LogP contribution is -2.42. The normalized spacial score (nSPS) is 9.22. The summed E-state index contributed by atoms with van der Waals surface area (Å²) in [5.41, 5.74) is 4.31. The van der Waals surface area contributed by atoms with Gasteiger partial charge in [-0.2, -0.15) is 0 Å². The molecule has 4 amide bonds. The molecule has 0 spiro atoms. The molecule has 0 aromatic heterocycles. The molecule has 0 saturated heterocycles. The Morgan fingerprint density at radius 2 is 0.889 bits per heavy atom. The topological polar surface area (TPSA) is 116 Å². The van der Waals surface area contributed by atoms with Crippen molar-refractivity contribution in [2.24, 2.45) is 0 Å². The smallest absolute Gasteiger partial charge is 0.238 e. The summed E-state index contributed by atoms with van der Waals surface area (Å²) in [6, 6.07) is 0. The predicted molar refractivity (Wildman–Crippen MR) is 62.9 cm³/mol. The number of nitrogens with one attached hydrogen (secondary N) is 4. The first-order valence-corrected chi connectivity index (χ1v) is 5.48. The second-order valence-electron chi connectivity index (χ2n) is 3.44. The molecule has 8 nitrogen and oxygen atoms in total. The summed E-state index contributed by atoms with van der Waals surface area (Å²) >= 11 is 0. The lowest BCUT2D eigenvalue weighted by Gasteiger charge is -2.06. The molecule has 102 valence electrons. The van der Waals surface area contributed by atoms with Gasteiger partial charge in [0.2, 0.25) is 23.6 Å². The molecule has 0 radical (unpaired) electrons. The van der Waals surface area contributed by atoms with E-state index in [9.17, 15) is 19.2 Å². The van der Waals surface area contributed by atoms with E-state index in [2.05, 4.69) is 21.5 Å². The number of hydrogen-bond acceptors (Lipinski definition) is 4. The molecule has 0 atom stereocenters. The number of hydrazine groups is 1. The van der Waals surface area contributed by atoms with E-state index in [4.69, 9.17) is 0 Å². The molecule has 0 aromatic rings. The van der Waals surface area contributed by atoms with Gasteiger partial charge in [0.25, 0.3) is 0 Å². The summed E-state index contributed by atoms with van der Waals surface area (Å²) in [4.78, 5) is 44.0. The SMILES string of the molecule is CNC(=O)CCC(=O)NNC(=O)CCC(=O)NC. The van der Waals surface area contributed by atoms with E-state index in [1.165, 1.54) is 14.1 Å². The van der Waals surface area contributed by atoms with E-state index in [1.54, 1.807) is 0 Å². The van der Waals surface area contributed by atoms with Crippen molar-refractivity contribution in [3.8, 4) is 0 Å². The van der Waals surface area contributed by atoms with Gasteiger partial charge in [-0.25, -0.2) is 0 Å². The molecule has 8 heteroatoms. The molecule has 4 N–H and O–H groups in total. The van der Waals surface area contributed by atoms with Gasteiger partial charge in [0.1, 0.15) is 0 Å². The molecule has 0 bridgehead atoms. The third-order valence-corrected chi connectivity index (χ3v) is 2.06.